The summed E-state index contributed by atoms with van der Waals surface area (Å²) in [5, 5.41) is 5.12. The second kappa shape index (κ2) is 8.63. The van der Waals surface area contributed by atoms with Crippen molar-refractivity contribution in [3.8, 4) is 0 Å². The van der Waals surface area contributed by atoms with Gasteiger partial charge in [-0.3, -0.25) is 0 Å². The quantitative estimate of drug-likeness (QED) is 0.501. The minimum Gasteiger partial charge on any atom is -0.332 e. The number of halogens is 3. The van der Waals surface area contributed by atoms with Gasteiger partial charge in [0.05, 0.1) is 16.1 Å². The van der Waals surface area contributed by atoms with E-state index in [0.29, 0.717) is 5.69 Å². The molecule has 0 bridgehead atoms. The Kier molecular flexibility index (Phi) is 6.17. The van der Waals surface area contributed by atoms with E-state index in [1.807, 2.05) is 0 Å². The highest BCUT2D eigenvalue weighted by Gasteiger charge is 2.33. The van der Waals surface area contributed by atoms with E-state index in [1.165, 1.54) is 54.9 Å². The number of nitrogens with zero attached hydrogens (tertiary/aromatic N) is 2. The molecule has 1 heterocycles. The van der Waals surface area contributed by atoms with Gasteiger partial charge in [-0.15, -0.1) is 0 Å². The number of rotatable bonds is 5. The van der Waals surface area contributed by atoms with Crippen molar-refractivity contribution >= 4 is 44.7 Å². The number of anilines is 3. The maximum Gasteiger partial charge on any atom is 0.418 e. The smallest absolute Gasteiger partial charge is 0.332 e. The SMILES string of the molecule is O=S(=O)(Nc1ncccn1)c1ccc(NC(=S)Nc2ccccc2C(F)(F)F)cc1. The van der Waals surface area contributed by atoms with Crippen molar-refractivity contribution in [1.29, 1.82) is 0 Å². The largest absolute Gasteiger partial charge is 0.418 e. The van der Waals surface area contributed by atoms with E-state index in [1.54, 1.807) is 6.07 Å². The zero-order valence-corrected chi connectivity index (χ0v) is 16.6. The van der Waals surface area contributed by atoms with E-state index in [9.17, 15) is 21.6 Å². The number of para-hydroxylation sites is 1. The summed E-state index contributed by atoms with van der Waals surface area (Å²) in [7, 11) is -3.91. The molecule has 12 heteroatoms. The van der Waals surface area contributed by atoms with Crippen molar-refractivity contribution in [3.05, 3.63) is 72.6 Å². The first kappa shape index (κ1) is 21.5. The van der Waals surface area contributed by atoms with E-state index >= 15 is 0 Å². The standard InChI is InChI=1S/C18H14F3N5O2S2/c19-18(20,21)14-4-1-2-5-15(14)25-17(29)24-12-6-8-13(9-7-12)30(27,28)26-16-22-10-3-11-23-16/h1-11H,(H,22,23,26)(H2,24,25,29). The molecule has 0 fully saturated rings. The van der Waals surface area contributed by atoms with Crippen LogP contribution in [-0.2, 0) is 16.2 Å². The van der Waals surface area contributed by atoms with Gasteiger partial charge in [0.2, 0.25) is 5.95 Å². The topological polar surface area (TPSA) is 96.0 Å². The monoisotopic (exact) mass is 453 g/mol. The third-order valence-corrected chi connectivity index (χ3v) is 5.24. The van der Waals surface area contributed by atoms with E-state index in [0.717, 1.165) is 6.07 Å². The molecule has 30 heavy (non-hydrogen) atoms. The minimum atomic E-state index is -4.54. The number of benzene rings is 2. The van der Waals surface area contributed by atoms with Crippen LogP contribution in [0.25, 0.3) is 0 Å². The van der Waals surface area contributed by atoms with Crippen LogP contribution < -0.4 is 15.4 Å². The van der Waals surface area contributed by atoms with Crippen LogP contribution in [0, 0.1) is 0 Å². The molecule has 0 spiro atoms. The number of alkyl halides is 3. The van der Waals surface area contributed by atoms with Gasteiger partial charge < -0.3 is 10.6 Å². The molecule has 1 aromatic heterocycles. The first-order chi connectivity index (χ1) is 14.1. The number of thiocarbonyl (C=S) groups is 1. The lowest BCUT2D eigenvalue weighted by Crippen LogP contribution is -2.21. The molecule has 0 aliphatic rings. The van der Waals surface area contributed by atoms with Gasteiger partial charge in [-0.05, 0) is 54.7 Å². The molecule has 0 aliphatic heterocycles. The van der Waals surface area contributed by atoms with Crippen molar-refractivity contribution < 1.29 is 21.6 Å². The zero-order valence-electron chi connectivity index (χ0n) is 15.0. The molecule has 7 nitrogen and oxygen atoms in total. The van der Waals surface area contributed by atoms with Crippen molar-refractivity contribution in [2.24, 2.45) is 0 Å². The van der Waals surface area contributed by atoms with Gasteiger partial charge in [0.1, 0.15) is 0 Å². The molecule has 0 saturated carbocycles. The Bertz CT molecular complexity index is 1140. The number of aromatic nitrogens is 2. The minimum absolute atomic E-state index is 0.0539. The number of nitrogens with one attached hydrogen (secondary N) is 3. The molecule has 3 N–H and O–H groups in total. The molecular weight excluding hydrogens is 439 g/mol. The Balaban J connectivity index is 1.68. The highest BCUT2D eigenvalue weighted by molar-refractivity contribution is 7.92. The molecule has 2 aromatic carbocycles. The molecule has 0 aliphatic carbocycles. The molecule has 156 valence electrons. The summed E-state index contributed by atoms with van der Waals surface area (Å²) in [6, 6.07) is 11.9. The van der Waals surface area contributed by atoms with E-state index in [4.69, 9.17) is 12.2 Å². The van der Waals surface area contributed by atoms with Crippen LogP contribution in [0.2, 0.25) is 0 Å². The maximum atomic E-state index is 13.1. The Morgan fingerprint density at radius 1 is 0.900 bits per heavy atom. The van der Waals surface area contributed by atoms with Crippen LogP contribution in [0.5, 0.6) is 0 Å². The van der Waals surface area contributed by atoms with Crippen molar-refractivity contribution in [2.75, 3.05) is 15.4 Å². The lowest BCUT2D eigenvalue weighted by atomic mass is 10.1. The lowest BCUT2D eigenvalue weighted by Gasteiger charge is -2.16. The predicted molar refractivity (Wildman–Crippen MR) is 111 cm³/mol. The summed E-state index contributed by atoms with van der Waals surface area (Å²) in [5.41, 5.74) is -0.676. The Morgan fingerprint density at radius 3 is 2.17 bits per heavy atom. The first-order valence-corrected chi connectivity index (χ1v) is 10.2. The third-order valence-electron chi connectivity index (χ3n) is 3.69. The van der Waals surface area contributed by atoms with Gasteiger partial charge in [-0.25, -0.2) is 23.1 Å². The Labute approximate surface area is 175 Å². The fraction of sp³-hybridized carbons (Fsp3) is 0.0556. The van der Waals surface area contributed by atoms with Crippen LogP contribution in [0.4, 0.5) is 30.5 Å². The molecule has 0 unspecified atom stereocenters. The summed E-state index contributed by atoms with van der Waals surface area (Å²) >= 11 is 5.06. The van der Waals surface area contributed by atoms with E-state index < -0.39 is 21.8 Å². The fourth-order valence-corrected chi connectivity index (χ4v) is 3.56. The highest BCUT2D eigenvalue weighted by Crippen LogP contribution is 2.34. The summed E-state index contributed by atoms with van der Waals surface area (Å²) < 4.78 is 66.1. The summed E-state index contributed by atoms with van der Waals surface area (Å²) in [6.07, 6.45) is -1.75. The number of hydrogen-bond donors (Lipinski definition) is 3. The molecule has 0 atom stereocenters. The average molecular weight is 453 g/mol. The van der Waals surface area contributed by atoms with Gasteiger partial charge in [0.15, 0.2) is 5.11 Å². The van der Waals surface area contributed by atoms with E-state index in [2.05, 4.69) is 25.3 Å². The van der Waals surface area contributed by atoms with Crippen molar-refractivity contribution in [2.45, 2.75) is 11.1 Å². The summed E-state index contributed by atoms with van der Waals surface area (Å²) in [5.74, 6) is -0.0755. The van der Waals surface area contributed by atoms with Crippen molar-refractivity contribution in [1.82, 2.24) is 9.97 Å². The van der Waals surface area contributed by atoms with Gasteiger partial charge in [-0.2, -0.15) is 13.2 Å². The maximum absolute atomic E-state index is 13.1. The van der Waals surface area contributed by atoms with Crippen LogP contribution in [0.3, 0.4) is 0 Å². The van der Waals surface area contributed by atoms with Gasteiger partial charge >= 0.3 is 6.18 Å². The molecule has 3 aromatic rings. The Hall–Kier alpha value is -3.25. The molecule has 0 saturated heterocycles. The number of sulfonamides is 1. The van der Waals surface area contributed by atoms with Gasteiger partial charge in [0, 0.05) is 18.1 Å². The van der Waals surface area contributed by atoms with Crippen LogP contribution in [0.1, 0.15) is 5.56 Å². The van der Waals surface area contributed by atoms with Crippen LogP contribution in [0.15, 0.2) is 71.9 Å². The normalized spacial score (nSPS) is 11.6. The zero-order chi connectivity index (χ0) is 21.8. The molecular formula is C18H14F3N5O2S2. The Morgan fingerprint density at radius 2 is 1.53 bits per heavy atom. The van der Waals surface area contributed by atoms with Crippen LogP contribution >= 0.6 is 12.2 Å². The summed E-state index contributed by atoms with van der Waals surface area (Å²) in [6.45, 7) is 0. The van der Waals surface area contributed by atoms with E-state index in [-0.39, 0.29) is 21.6 Å². The summed E-state index contributed by atoms with van der Waals surface area (Å²) in [4.78, 5) is 7.53. The first-order valence-electron chi connectivity index (χ1n) is 8.29. The fourth-order valence-electron chi connectivity index (χ4n) is 2.37. The molecule has 0 radical (unpaired) electrons. The second-order valence-electron chi connectivity index (χ2n) is 5.82. The predicted octanol–water partition coefficient (Wildman–Crippen LogP) is 4.11. The van der Waals surface area contributed by atoms with Crippen LogP contribution in [-0.4, -0.2) is 23.5 Å². The van der Waals surface area contributed by atoms with Gasteiger partial charge in [0.25, 0.3) is 10.0 Å². The lowest BCUT2D eigenvalue weighted by molar-refractivity contribution is -0.136. The third kappa shape index (κ3) is 5.42. The highest BCUT2D eigenvalue weighted by atomic mass is 32.2. The molecule has 3 rings (SSSR count). The average Bonchev–Trinajstić information content (AvgIpc) is 2.68. The number of hydrogen-bond acceptors (Lipinski definition) is 5. The second-order valence-corrected chi connectivity index (χ2v) is 7.92. The van der Waals surface area contributed by atoms with Gasteiger partial charge in [-0.1, -0.05) is 12.1 Å². The molecule has 0 amide bonds. The van der Waals surface area contributed by atoms with Crippen molar-refractivity contribution in [3.63, 3.8) is 0 Å².